The third-order valence-electron chi connectivity index (χ3n) is 2.14. The highest BCUT2D eigenvalue weighted by Crippen LogP contribution is 2.19. The van der Waals surface area contributed by atoms with Crippen molar-refractivity contribution in [2.45, 2.75) is 12.8 Å². The molecule has 0 aromatic carbocycles. The van der Waals surface area contributed by atoms with E-state index in [9.17, 15) is 0 Å². The number of hydrogen-bond acceptors (Lipinski definition) is 4. The van der Waals surface area contributed by atoms with Crippen LogP contribution in [-0.4, -0.2) is 30.3 Å². The highest BCUT2D eigenvalue weighted by molar-refractivity contribution is 5.65. The molecule has 0 saturated carbocycles. The Morgan fingerprint density at radius 3 is 2.93 bits per heavy atom. The van der Waals surface area contributed by atoms with E-state index in [2.05, 4.69) is 9.88 Å². The van der Waals surface area contributed by atoms with Crippen LogP contribution in [0.4, 0.5) is 11.4 Å². The number of nitrogens with zero attached hydrogens (tertiary/aromatic N) is 2. The third-order valence-corrected chi connectivity index (χ3v) is 2.14. The number of nitrogen functional groups attached to an aromatic ring is 1. The van der Waals surface area contributed by atoms with Crippen LogP contribution in [0.5, 0.6) is 0 Å². The van der Waals surface area contributed by atoms with Gasteiger partial charge in [-0.15, -0.1) is 0 Å². The molecule has 1 aromatic heterocycles. The minimum Gasteiger partial charge on any atom is -0.396 e. The van der Waals surface area contributed by atoms with E-state index in [0.29, 0.717) is 5.69 Å². The molecule has 0 unspecified atom stereocenters. The van der Waals surface area contributed by atoms with Crippen LogP contribution >= 0.6 is 0 Å². The molecule has 4 heteroatoms. The molecule has 0 saturated heterocycles. The quantitative estimate of drug-likeness (QED) is 0.684. The summed E-state index contributed by atoms with van der Waals surface area (Å²) in [6, 6.07) is 1.90. The number of anilines is 2. The second-order valence-corrected chi connectivity index (χ2v) is 3.29. The van der Waals surface area contributed by atoms with Crippen molar-refractivity contribution in [1.29, 1.82) is 0 Å². The van der Waals surface area contributed by atoms with Gasteiger partial charge in [0.1, 0.15) is 0 Å². The van der Waals surface area contributed by atoms with Gasteiger partial charge in [-0.25, -0.2) is 0 Å². The Kier molecular flexibility index (Phi) is 4.19. The zero-order valence-corrected chi connectivity index (χ0v) is 8.48. The van der Waals surface area contributed by atoms with Crippen LogP contribution < -0.4 is 10.6 Å². The molecular weight excluding hydrogens is 178 g/mol. The number of rotatable bonds is 5. The van der Waals surface area contributed by atoms with Crippen LogP contribution in [0.25, 0.3) is 0 Å². The molecule has 78 valence electrons. The first-order valence-corrected chi connectivity index (χ1v) is 4.77. The van der Waals surface area contributed by atoms with E-state index in [0.717, 1.165) is 25.1 Å². The summed E-state index contributed by atoms with van der Waals surface area (Å²) in [5.74, 6) is 0. The zero-order valence-electron chi connectivity index (χ0n) is 8.48. The summed E-state index contributed by atoms with van der Waals surface area (Å²) >= 11 is 0. The molecule has 3 N–H and O–H groups in total. The standard InChI is InChI=1S/C10H17N3O/c1-13(6-2-3-7-14)10-4-5-12-8-9(10)11/h4-5,8,14H,2-3,6-7,11H2,1H3. The van der Waals surface area contributed by atoms with E-state index in [1.54, 1.807) is 12.4 Å². The predicted octanol–water partition coefficient (Wildman–Crippen LogP) is 0.873. The van der Waals surface area contributed by atoms with Gasteiger partial charge in [0.25, 0.3) is 0 Å². The van der Waals surface area contributed by atoms with Crippen LogP contribution in [0, 0.1) is 0 Å². The molecule has 0 aliphatic heterocycles. The van der Waals surface area contributed by atoms with Gasteiger partial charge < -0.3 is 15.7 Å². The van der Waals surface area contributed by atoms with Crippen molar-refractivity contribution in [3.05, 3.63) is 18.5 Å². The first-order valence-electron chi connectivity index (χ1n) is 4.77. The Balaban J connectivity index is 2.51. The minimum atomic E-state index is 0.250. The monoisotopic (exact) mass is 195 g/mol. The molecule has 0 radical (unpaired) electrons. The van der Waals surface area contributed by atoms with Gasteiger partial charge in [0.05, 0.1) is 17.6 Å². The van der Waals surface area contributed by atoms with E-state index in [4.69, 9.17) is 10.8 Å². The Morgan fingerprint density at radius 1 is 1.50 bits per heavy atom. The molecule has 1 rings (SSSR count). The predicted molar refractivity (Wildman–Crippen MR) is 58.2 cm³/mol. The summed E-state index contributed by atoms with van der Waals surface area (Å²) in [6.07, 6.45) is 5.18. The third kappa shape index (κ3) is 2.88. The number of unbranched alkanes of at least 4 members (excludes halogenated alkanes) is 1. The number of nitrogens with two attached hydrogens (primary N) is 1. The molecule has 0 bridgehead atoms. The van der Waals surface area contributed by atoms with Crippen LogP contribution in [0.3, 0.4) is 0 Å². The lowest BCUT2D eigenvalue weighted by Gasteiger charge is -2.20. The van der Waals surface area contributed by atoms with E-state index >= 15 is 0 Å². The first-order chi connectivity index (χ1) is 6.75. The maximum atomic E-state index is 8.65. The van der Waals surface area contributed by atoms with Crippen LogP contribution in [-0.2, 0) is 0 Å². The van der Waals surface area contributed by atoms with Gasteiger partial charge >= 0.3 is 0 Å². The van der Waals surface area contributed by atoms with Crippen molar-refractivity contribution in [2.24, 2.45) is 0 Å². The van der Waals surface area contributed by atoms with Crippen molar-refractivity contribution in [2.75, 3.05) is 30.8 Å². The Labute approximate surface area is 84.4 Å². The second-order valence-electron chi connectivity index (χ2n) is 3.29. The molecule has 0 aliphatic carbocycles. The molecule has 0 aliphatic rings. The lowest BCUT2D eigenvalue weighted by atomic mass is 10.2. The highest BCUT2D eigenvalue weighted by Gasteiger charge is 2.03. The SMILES string of the molecule is CN(CCCCO)c1ccncc1N. The van der Waals surface area contributed by atoms with Gasteiger partial charge in [-0.1, -0.05) is 0 Å². The van der Waals surface area contributed by atoms with Gasteiger partial charge in [0, 0.05) is 26.4 Å². The largest absolute Gasteiger partial charge is 0.396 e. The number of pyridine rings is 1. The van der Waals surface area contributed by atoms with Crippen molar-refractivity contribution in [3.63, 3.8) is 0 Å². The van der Waals surface area contributed by atoms with Gasteiger partial charge in [0.15, 0.2) is 0 Å². The maximum Gasteiger partial charge on any atom is 0.0738 e. The topological polar surface area (TPSA) is 62.4 Å². The van der Waals surface area contributed by atoms with Gasteiger partial charge in [-0.05, 0) is 18.9 Å². The molecule has 4 nitrogen and oxygen atoms in total. The average Bonchev–Trinajstić information content (AvgIpc) is 2.18. The van der Waals surface area contributed by atoms with E-state index < -0.39 is 0 Å². The molecule has 1 aromatic rings. The number of aliphatic hydroxyl groups excluding tert-OH is 1. The van der Waals surface area contributed by atoms with Crippen molar-refractivity contribution in [3.8, 4) is 0 Å². The van der Waals surface area contributed by atoms with Crippen molar-refractivity contribution >= 4 is 11.4 Å². The molecule has 0 amide bonds. The van der Waals surface area contributed by atoms with Crippen LogP contribution in [0.15, 0.2) is 18.5 Å². The average molecular weight is 195 g/mol. The number of aliphatic hydroxyl groups is 1. The molecule has 1 heterocycles. The van der Waals surface area contributed by atoms with E-state index in [1.807, 2.05) is 13.1 Å². The van der Waals surface area contributed by atoms with E-state index in [-0.39, 0.29) is 6.61 Å². The number of hydrogen-bond donors (Lipinski definition) is 2. The Hall–Kier alpha value is -1.29. The summed E-state index contributed by atoms with van der Waals surface area (Å²) in [5, 5.41) is 8.65. The fourth-order valence-electron chi connectivity index (χ4n) is 1.33. The second kappa shape index (κ2) is 5.44. The van der Waals surface area contributed by atoms with E-state index in [1.165, 1.54) is 0 Å². The fraction of sp³-hybridized carbons (Fsp3) is 0.500. The lowest BCUT2D eigenvalue weighted by molar-refractivity contribution is 0.285. The Morgan fingerprint density at radius 2 is 2.29 bits per heavy atom. The van der Waals surface area contributed by atoms with Crippen molar-refractivity contribution < 1.29 is 5.11 Å². The summed E-state index contributed by atoms with van der Waals surface area (Å²) in [7, 11) is 1.99. The first kappa shape index (κ1) is 10.8. The van der Waals surface area contributed by atoms with Gasteiger partial charge in [-0.2, -0.15) is 0 Å². The molecular formula is C10H17N3O. The lowest BCUT2D eigenvalue weighted by Crippen LogP contribution is -2.20. The normalized spacial score (nSPS) is 10.1. The van der Waals surface area contributed by atoms with Gasteiger partial charge in [-0.3, -0.25) is 4.98 Å². The highest BCUT2D eigenvalue weighted by atomic mass is 16.2. The fourth-order valence-corrected chi connectivity index (χ4v) is 1.33. The van der Waals surface area contributed by atoms with Gasteiger partial charge in [0.2, 0.25) is 0 Å². The summed E-state index contributed by atoms with van der Waals surface area (Å²) in [6.45, 7) is 1.15. The Bertz CT molecular complexity index is 278. The maximum absolute atomic E-state index is 8.65. The summed E-state index contributed by atoms with van der Waals surface area (Å²) in [5.41, 5.74) is 7.46. The molecule has 0 fully saturated rings. The zero-order chi connectivity index (χ0) is 10.4. The molecule has 0 spiro atoms. The minimum absolute atomic E-state index is 0.250. The molecule has 0 atom stereocenters. The van der Waals surface area contributed by atoms with Crippen LogP contribution in [0.1, 0.15) is 12.8 Å². The summed E-state index contributed by atoms with van der Waals surface area (Å²) in [4.78, 5) is 6.01. The molecule has 14 heavy (non-hydrogen) atoms. The summed E-state index contributed by atoms with van der Waals surface area (Å²) < 4.78 is 0. The van der Waals surface area contributed by atoms with Crippen LogP contribution in [0.2, 0.25) is 0 Å². The number of aromatic nitrogens is 1. The van der Waals surface area contributed by atoms with Crippen molar-refractivity contribution in [1.82, 2.24) is 4.98 Å². The smallest absolute Gasteiger partial charge is 0.0738 e.